The summed E-state index contributed by atoms with van der Waals surface area (Å²) in [6, 6.07) is 6.41. The maximum absolute atomic E-state index is 5.44. The first kappa shape index (κ1) is 11.3. The highest BCUT2D eigenvalue weighted by Gasteiger charge is 2.15. The fourth-order valence-corrected chi connectivity index (χ4v) is 2.42. The molecule has 0 radical (unpaired) electrons. The van der Waals surface area contributed by atoms with Gasteiger partial charge in [-0.1, -0.05) is 31.6 Å². The molecule has 0 atom stereocenters. The lowest BCUT2D eigenvalue weighted by molar-refractivity contribution is 0.409. The lowest BCUT2D eigenvalue weighted by Gasteiger charge is -2.20. The van der Waals surface area contributed by atoms with E-state index in [-0.39, 0.29) is 0 Å². The van der Waals surface area contributed by atoms with Gasteiger partial charge >= 0.3 is 0 Å². The van der Waals surface area contributed by atoms with E-state index in [1.165, 1.54) is 36.0 Å². The molecule has 1 nitrogen and oxygen atoms in total. The van der Waals surface area contributed by atoms with Crippen LogP contribution in [0.5, 0.6) is 5.75 Å². The molecule has 0 saturated carbocycles. The van der Waals surface area contributed by atoms with Crippen molar-refractivity contribution in [3.63, 3.8) is 0 Å². The standard InChI is InChI=1S/C15H20O/c1-3-4-7-12-8-5-10-14-13(12)9-6-11-15(14)16-2/h6,8-9,11H,3-5,7,10H2,1-2H3. The van der Waals surface area contributed by atoms with Crippen LogP contribution in [-0.2, 0) is 6.42 Å². The molecule has 0 saturated heterocycles. The van der Waals surface area contributed by atoms with Gasteiger partial charge in [-0.05, 0) is 42.9 Å². The van der Waals surface area contributed by atoms with Gasteiger partial charge in [0.15, 0.2) is 0 Å². The molecule has 86 valence electrons. The van der Waals surface area contributed by atoms with Crippen LogP contribution in [-0.4, -0.2) is 7.11 Å². The van der Waals surface area contributed by atoms with Crippen molar-refractivity contribution in [1.29, 1.82) is 0 Å². The van der Waals surface area contributed by atoms with Gasteiger partial charge in [-0.3, -0.25) is 0 Å². The Morgan fingerprint density at radius 2 is 2.19 bits per heavy atom. The number of rotatable bonds is 4. The molecule has 2 rings (SSSR count). The molecule has 1 aliphatic carbocycles. The second-order valence-corrected chi connectivity index (χ2v) is 4.36. The highest BCUT2D eigenvalue weighted by molar-refractivity contribution is 5.72. The van der Waals surface area contributed by atoms with Gasteiger partial charge in [0, 0.05) is 5.56 Å². The van der Waals surface area contributed by atoms with Crippen molar-refractivity contribution >= 4 is 5.57 Å². The second kappa shape index (κ2) is 5.20. The number of benzene rings is 1. The highest BCUT2D eigenvalue weighted by atomic mass is 16.5. The van der Waals surface area contributed by atoms with Crippen LogP contribution < -0.4 is 4.74 Å². The zero-order valence-corrected chi connectivity index (χ0v) is 10.3. The van der Waals surface area contributed by atoms with E-state index in [1.807, 2.05) is 0 Å². The summed E-state index contributed by atoms with van der Waals surface area (Å²) in [5, 5.41) is 0. The molecule has 0 spiro atoms. The van der Waals surface area contributed by atoms with E-state index in [0.29, 0.717) is 0 Å². The van der Waals surface area contributed by atoms with Crippen molar-refractivity contribution in [3.05, 3.63) is 35.4 Å². The molecule has 0 unspecified atom stereocenters. The highest BCUT2D eigenvalue weighted by Crippen LogP contribution is 2.34. The predicted molar refractivity (Wildman–Crippen MR) is 68.8 cm³/mol. The minimum Gasteiger partial charge on any atom is -0.496 e. The Labute approximate surface area is 98.1 Å². The van der Waals surface area contributed by atoms with Gasteiger partial charge in [-0.2, -0.15) is 0 Å². The second-order valence-electron chi connectivity index (χ2n) is 4.36. The van der Waals surface area contributed by atoms with Crippen LogP contribution in [0.15, 0.2) is 24.3 Å². The Hall–Kier alpha value is -1.24. The molecule has 1 heteroatoms. The minimum absolute atomic E-state index is 1.06. The third-order valence-electron chi connectivity index (χ3n) is 3.28. The van der Waals surface area contributed by atoms with Gasteiger partial charge in [-0.15, -0.1) is 0 Å². The summed E-state index contributed by atoms with van der Waals surface area (Å²) in [5.41, 5.74) is 4.33. The summed E-state index contributed by atoms with van der Waals surface area (Å²) in [5.74, 6) is 1.06. The van der Waals surface area contributed by atoms with Crippen molar-refractivity contribution < 1.29 is 4.74 Å². The largest absolute Gasteiger partial charge is 0.496 e. The average Bonchev–Trinajstić information content (AvgIpc) is 2.35. The van der Waals surface area contributed by atoms with E-state index < -0.39 is 0 Å². The smallest absolute Gasteiger partial charge is 0.122 e. The summed E-state index contributed by atoms with van der Waals surface area (Å²) >= 11 is 0. The normalized spacial score (nSPS) is 14.2. The van der Waals surface area contributed by atoms with Crippen molar-refractivity contribution in [2.24, 2.45) is 0 Å². The topological polar surface area (TPSA) is 9.23 Å². The zero-order chi connectivity index (χ0) is 11.4. The Bertz CT molecular complexity index is 390. The number of allylic oxidation sites excluding steroid dienone is 2. The Kier molecular flexibility index (Phi) is 3.66. The van der Waals surface area contributed by atoms with E-state index in [2.05, 4.69) is 31.2 Å². The molecule has 0 aromatic heterocycles. The van der Waals surface area contributed by atoms with Crippen molar-refractivity contribution in [2.75, 3.05) is 7.11 Å². The van der Waals surface area contributed by atoms with Gasteiger partial charge in [-0.25, -0.2) is 0 Å². The van der Waals surface area contributed by atoms with Gasteiger partial charge in [0.1, 0.15) is 5.75 Å². The molecule has 0 aliphatic heterocycles. The van der Waals surface area contributed by atoms with Crippen LogP contribution in [0.1, 0.15) is 43.7 Å². The van der Waals surface area contributed by atoms with E-state index in [4.69, 9.17) is 4.74 Å². The number of ether oxygens (including phenoxy) is 1. The van der Waals surface area contributed by atoms with Crippen molar-refractivity contribution in [2.45, 2.75) is 39.0 Å². The molecular weight excluding hydrogens is 196 g/mol. The average molecular weight is 216 g/mol. The van der Waals surface area contributed by atoms with Crippen LogP contribution in [0.4, 0.5) is 0 Å². The Morgan fingerprint density at radius 1 is 1.31 bits per heavy atom. The van der Waals surface area contributed by atoms with Crippen LogP contribution in [0.3, 0.4) is 0 Å². The minimum atomic E-state index is 1.06. The maximum Gasteiger partial charge on any atom is 0.122 e. The van der Waals surface area contributed by atoms with E-state index in [0.717, 1.165) is 18.6 Å². The lowest BCUT2D eigenvalue weighted by Crippen LogP contribution is -2.02. The monoisotopic (exact) mass is 216 g/mol. The SMILES string of the molecule is CCCCC1=CCCc2c(OC)cccc21. The molecule has 16 heavy (non-hydrogen) atoms. The van der Waals surface area contributed by atoms with E-state index in [9.17, 15) is 0 Å². The summed E-state index contributed by atoms with van der Waals surface area (Å²) in [4.78, 5) is 0. The van der Waals surface area contributed by atoms with Crippen LogP contribution >= 0.6 is 0 Å². The van der Waals surface area contributed by atoms with Gasteiger partial charge in [0.2, 0.25) is 0 Å². The van der Waals surface area contributed by atoms with Crippen molar-refractivity contribution in [3.8, 4) is 5.75 Å². The first-order valence-corrected chi connectivity index (χ1v) is 6.22. The van der Waals surface area contributed by atoms with Crippen LogP contribution in [0.2, 0.25) is 0 Å². The lowest BCUT2D eigenvalue weighted by atomic mass is 9.88. The number of hydrogen-bond acceptors (Lipinski definition) is 1. The first-order valence-electron chi connectivity index (χ1n) is 6.22. The molecule has 1 aliphatic rings. The Balaban J connectivity index is 2.31. The summed E-state index contributed by atoms with van der Waals surface area (Å²) in [6.07, 6.45) is 8.43. The number of unbranched alkanes of at least 4 members (excludes halogenated alkanes) is 1. The van der Waals surface area contributed by atoms with Crippen LogP contribution in [0.25, 0.3) is 5.57 Å². The number of methoxy groups -OCH3 is 1. The Morgan fingerprint density at radius 3 is 2.94 bits per heavy atom. The number of hydrogen-bond donors (Lipinski definition) is 0. The molecular formula is C15H20O. The quantitative estimate of drug-likeness (QED) is 0.732. The number of fused-ring (bicyclic) bond motifs is 1. The zero-order valence-electron chi connectivity index (χ0n) is 10.3. The third kappa shape index (κ3) is 2.13. The van der Waals surface area contributed by atoms with E-state index >= 15 is 0 Å². The molecule has 0 fully saturated rings. The molecule has 0 N–H and O–H groups in total. The predicted octanol–water partition coefficient (Wildman–Crippen LogP) is 4.22. The molecule has 0 heterocycles. The molecule has 1 aromatic carbocycles. The molecule has 1 aromatic rings. The van der Waals surface area contributed by atoms with Gasteiger partial charge < -0.3 is 4.74 Å². The molecule has 0 amide bonds. The maximum atomic E-state index is 5.44. The third-order valence-corrected chi connectivity index (χ3v) is 3.28. The fraction of sp³-hybridized carbons (Fsp3) is 0.467. The molecule has 0 bridgehead atoms. The van der Waals surface area contributed by atoms with Crippen molar-refractivity contribution in [1.82, 2.24) is 0 Å². The fourth-order valence-electron chi connectivity index (χ4n) is 2.42. The first-order chi connectivity index (χ1) is 7.86. The van der Waals surface area contributed by atoms with Gasteiger partial charge in [0.05, 0.1) is 7.11 Å². The summed E-state index contributed by atoms with van der Waals surface area (Å²) in [7, 11) is 1.76. The summed E-state index contributed by atoms with van der Waals surface area (Å²) in [6.45, 7) is 2.25. The van der Waals surface area contributed by atoms with Crippen LogP contribution in [0, 0.1) is 0 Å². The van der Waals surface area contributed by atoms with Gasteiger partial charge in [0.25, 0.3) is 0 Å². The summed E-state index contributed by atoms with van der Waals surface area (Å²) < 4.78 is 5.44. The van der Waals surface area contributed by atoms with E-state index in [1.54, 1.807) is 7.11 Å².